The van der Waals surface area contributed by atoms with E-state index in [1.54, 1.807) is 31.2 Å². The molecule has 6 nitrogen and oxygen atoms in total. The number of benzene rings is 2. The van der Waals surface area contributed by atoms with E-state index >= 15 is 0 Å². The van der Waals surface area contributed by atoms with Gasteiger partial charge in [-0.15, -0.1) is 0 Å². The molecule has 0 fully saturated rings. The Hall–Kier alpha value is -2.09. The highest BCUT2D eigenvalue weighted by Gasteiger charge is 2.15. The summed E-state index contributed by atoms with van der Waals surface area (Å²) in [7, 11) is -3.76. The van der Waals surface area contributed by atoms with Crippen molar-refractivity contribution in [3.05, 3.63) is 53.6 Å². The molecule has 0 aliphatic carbocycles. The van der Waals surface area contributed by atoms with Crippen LogP contribution < -0.4 is 15.2 Å². The number of ether oxygens (including phenoxy) is 1. The number of rotatable bonds is 5. The van der Waals surface area contributed by atoms with Crippen molar-refractivity contribution in [3.63, 3.8) is 0 Å². The second-order valence-corrected chi connectivity index (χ2v) is 6.77. The second kappa shape index (κ2) is 6.99. The van der Waals surface area contributed by atoms with Gasteiger partial charge in [0.05, 0.1) is 4.90 Å². The number of nitrogens with one attached hydrogen (secondary N) is 1. The molecular formula is C15H15ClN2O4S. The minimum Gasteiger partial charge on any atom is -0.481 e. The van der Waals surface area contributed by atoms with Crippen molar-refractivity contribution in [3.8, 4) is 5.75 Å². The maximum atomic E-state index is 12.1. The minimum absolute atomic E-state index is 0.0290. The van der Waals surface area contributed by atoms with Crippen molar-refractivity contribution in [2.75, 3.05) is 5.32 Å². The molecule has 0 aromatic heterocycles. The van der Waals surface area contributed by atoms with Gasteiger partial charge in [-0.3, -0.25) is 4.79 Å². The Kier molecular flexibility index (Phi) is 5.25. The van der Waals surface area contributed by atoms with Gasteiger partial charge in [0.25, 0.3) is 5.91 Å². The molecule has 0 bridgehead atoms. The SMILES string of the molecule is CC(Oc1cccc(Cl)c1)C(=O)Nc1ccc(S(N)(=O)=O)cc1. The van der Waals surface area contributed by atoms with Crippen LogP contribution >= 0.6 is 11.6 Å². The van der Waals surface area contributed by atoms with Crippen LogP contribution in [0.2, 0.25) is 5.02 Å². The lowest BCUT2D eigenvalue weighted by atomic mass is 10.3. The molecule has 0 saturated heterocycles. The molecule has 0 aliphatic heterocycles. The van der Waals surface area contributed by atoms with Crippen molar-refractivity contribution >= 4 is 33.2 Å². The zero-order valence-corrected chi connectivity index (χ0v) is 13.8. The fourth-order valence-corrected chi connectivity index (χ4v) is 2.47. The third-order valence-corrected chi connectivity index (χ3v) is 4.09. The number of halogens is 1. The Morgan fingerprint density at radius 2 is 1.87 bits per heavy atom. The number of carbonyl (C=O) groups is 1. The van der Waals surface area contributed by atoms with E-state index in [4.69, 9.17) is 21.5 Å². The van der Waals surface area contributed by atoms with Crippen LogP contribution in [0.5, 0.6) is 5.75 Å². The van der Waals surface area contributed by atoms with Crippen LogP contribution in [0.4, 0.5) is 5.69 Å². The summed E-state index contributed by atoms with van der Waals surface area (Å²) in [4.78, 5) is 12.0. The van der Waals surface area contributed by atoms with Gasteiger partial charge in [-0.1, -0.05) is 17.7 Å². The molecule has 23 heavy (non-hydrogen) atoms. The van der Waals surface area contributed by atoms with E-state index in [0.29, 0.717) is 16.5 Å². The maximum Gasteiger partial charge on any atom is 0.265 e. The number of hydrogen-bond acceptors (Lipinski definition) is 4. The first-order valence-corrected chi connectivity index (χ1v) is 8.54. The summed E-state index contributed by atoms with van der Waals surface area (Å²) in [5.74, 6) is 0.0954. The summed E-state index contributed by atoms with van der Waals surface area (Å²) >= 11 is 5.85. The Morgan fingerprint density at radius 3 is 2.43 bits per heavy atom. The molecule has 0 spiro atoms. The van der Waals surface area contributed by atoms with Crippen molar-refractivity contribution in [2.24, 2.45) is 5.14 Å². The number of anilines is 1. The predicted molar refractivity (Wildman–Crippen MR) is 88.0 cm³/mol. The third-order valence-electron chi connectivity index (χ3n) is 2.93. The Labute approximate surface area is 139 Å². The first-order chi connectivity index (χ1) is 10.8. The zero-order chi connectivity index (χ0) is 17.0. The summed E-state index contributed by atoms with van der Waals surface area (Å²) in [6, 6.07) is 12.2. The van der Waals surface area contributed by atoms with Gasteiger partial charge in [-0.05, 0) is 49.4 Å². The number of sulfonamides is 1. The van der Waals surface area contributed by atoms with Crippen LogP contribution in [0.3, 0.4) is 0 Å². The lowest BCUT2D eigenvalue weighted by Crippen LogP contribution is -2.30. The van der Waals surface area contributed by atoms with Gasteiger partial charge in [0.15, 0.2) is 6.10 Å². The van der Waals surface area contributed by atoms with Gasteiger partial charge >= 0.3 is 0 Å². The van der Waals surface area contributed by atoms with Crippen molar-refractivity contribution in [1.82, 2.24) is 0 Å². The van der Waals surface area contributed by atoms with Crippen LogP contribution in [-0.4, -0.2) is 20.4 Å². The third kappa shape index (κ3) is 4.95. The molecule has 0 heterocycles. The van der Waals surface area contributed by atoms with Gasteiger partial charge in [0, 0.05) is 10.7 Å². The first kappa shape index (κ1) is 17.3. The lowest BCUT2D eigenvalue weighted by molar-refractivity contribution is -0.122. The van der Waals surface area contributed by atoms with E-state index in [2.05, 4.69) is 5.32 Å². The maximum absolute atomic E-state index is 12.1. The van der Waals surface area contributed by atoms with Crippen molar-refractivity contribution in [1.29, 1.82) is 0 Å². The Balaban J connectivity index is 2.01. The van der Waals surface area contributed by atoms with Gasteiger partial charge in [-0.25, -0.2) is 13.6 Å². The van der Waals surface area contributed by atoms with Crippen LogP contribution in [0, 0.1) is 0 Å². The molecule has 2 rings (SSSR count). The summed E-state index contributed by atoms with van der Waals surface area (Å²) in [5.41, 5.74) is 0.434. The molecule has 122 valence electrons. The average molecular weight is 355 g/mol. The number of amides is 1. The molecule has 2 aromatic carbocycles. The van der Waals surface area contributed by atoms with Crippen molar-refractivity contribution in [2.45, 2.75) is 17.9 Å². The number of primary sulfonamides is 1. The molecule has 1 amide bonds. The van der Waals surface area contributed by atoms with E-state index in [1.807, 2.05) is 0 Å². The highest BCUT2D eigenvalue weighted by Crippen LogP contribution is 2.19. The van der Waals surface area contributed by atoms with Crippen LogP contribution in [0.1, 0.15) is 6.92 Å². The van der Waals surface area contributed by atoms with E-state index < -0.39 is 16.1 Å². The first-order valence-electron chi connectivity index (χ1n) is 6.61. The average Bonchev–Trinajstić information content (AvgIpc) is 2.46. The number of nitrogens with two attached hydrogens (primary N) is 1. The second-order valence-electron chi connectivity index (χ2n) is 4.78. The van der Waals surface area contributed by atoms with Gasteiger partial charge in [0.2, 0.25) is 10.0 Å². The minimum atomic E-state index is -3.76. The quantitative estimate of drug-likeness (QED) is 0.861. The lowest BCUT2D eigenvalue weighted by Gasteiger charge is -2.15. The van der Waals surface area contributed by atoms with E-state index in [9.17, 15) is 13.2 Å². The molecule has 8 heteroatoms. The molecule has 1 atom stereocenters. The molecule has 0 radical (unpaired) electrons. The smallest absolute Gasteiger partial charge is 0.265 e. The number of carbonyl (C=O) groups excluding carboxylic acids is 1. The van der Waals surface area contributed by atoms with Gasteiger partial charge < -0.3 is 10.1 Å². The largest absolute Gasteiger partial charge is 0.481 e. The molecular weight excluding hydrogens is 340 g/mol. The zero-order valence-electron chi connectivity index (χ0n) is 12.2. The molecule has 1 unspecified atom stereocenters. The standard InChI is InChI=1S/C15H15ClN2O4S/c1-10(22-13-4-2-3-11(16)9-13)15(19)18-12-5-7-14(8-6-12)23(17,20)21/h2-10H,1H3,(H,18,19)(H2,17,20,21). The topological polar surface area (TPSA) is 98.5 Å². The Bertz CT molecular complexity index is 806. The van der Waals surface area contributed by atoms with E-state index in [0.717, 1.165) is 0 Å². The summed E-state index contributed by atoms with van der Waals surface area (Å²) in [6.07, 6.45) is -0.758. The highest BCUT2D eigenvalue weighted by molar-refractivity contribution is 7.89. The fraction of sp³-hybridized carbons (Fsp3) is 0.133. The van der Waals surface area contributed by atoms with E-state index in [1.165, 1.54) is 24.3 Å². The molecule has 2 aromatic rings. The van der Waals surface area contributed by atoms with Crippen LogP contribution in [-0.2, 0) is 14.8 Å². The van der Waals surface area contributed by atoms with Crippen molar-refractivity contribution < 1.29 is 17.9 Å². The molecule has 0 aliphatic rings. The van der Waals surface area contributed by atoms with E-state index in [-0.39, 0.29) is 10.8 Å². The predicted octanol–water partition coefficient (Wildman–Crippen LogP) is 2.39. The normalized spacial score (nSPS) is 12.5. The summed E-state index contributed by atoms with van der Waals surface area (Å²) < 4.78 is 27.8. The molecule has 0 saturated carbocycles. The summed E-state index contributed by atoms with van der Waals surface area (Å²) in [6.45, 7) is 1.59. The number of hydrogen-bond donors (Lipinski definition) is 2. The monoisotopic (exact) mass is 354 g/mol. The molecule has 3 N–H and O–H groups in total. The van der Waals surface area contributed by atoms with Crippen LogP contribution in [0.25, 0.3) is 0 Å². The fourth-order valence-electron chi connectivity index (χ4n) is 1.77. The summed E-state index contributed by atoms with van der Waals surface area (Å²) in [5, 5.41) is 8.14. The highest BCUT2D eigenvalue weighted by atomic mass is 35.5. The Morgan fingerprint density at radius 1 is 1.22 bits per heavy atom. The van der Waals surface area contributed by atoms with Crippen LogP contribution in [0.15, 0.2) is 53.4 Å². The van der Waals surface area contributed by atoms with Gasteiger partial charge in [0.1, 0.15) is 5.75 Å². The van der Waals surface area contributed by atoms with Gasteiger partial charge in [-0.2, -0.15) is 0 Å².